The van der Waals surface area contributed by atoms with Crippen LogP contribution in [0.2, 0.25) is 0 Å². The predicted octanol–water partition coefficient (Wildman–Crippen LogP) is 1.65. The van der Waals surface area contributed by atoms with Crippen molar-refractivity contribution in [1.29, 1.82) is 0 Å². The Morgan fingerprint density at radius 1 is 1.75 bits per heavy atom. The van der Waals surface area contributed by atoms with E-state index in [0.29, 0.717) is 0 Å². The van der Waals surface area contributed by atoms with Crippen molar-refractivity contribution in [2.45, 2.75) is 26.2 Å². The minimum absolute atomic E-state index is 0.863. The molecule has 0 aromatic rings. The summed E-state index contributed by atoms with van der Waals surface area (Å²) in [6.07, 6.45) is 5.73. The molecule has 0 aliphatic heterocycles. The summed E-state index contributed by atoms with van der Waals surface area (Å²) in [4.78, 5) is 0. The average molecular weight is 111 g/mol. The topological polar surface area (TPSA) is 26.0 Å². The van der Waals surface area contributed by atoms with Gasteiger partial charge in [-0.3, -0.25) is 0 Å². The largest absolute Gasteiger partial charge is 0.402 e. The summed E-state index contributed by atoms with van der Waals surface area (Å²) in [5.41, 5.74) is 6.64. The van der Waals surface area contributed by atoms with Gasteiger partial charge in [-0.25, -0.2) is 0 Å². The van der Waals surface area contributed by atoms with E-state index in [1.54, 1.807) is 0 Å². The first kappa shape index (κ1) is 5.67. The maximum Gasteiger partial charge on any atom is 0.00401 e. The zero-order chi connectivity index (χ0) is 5.98. The molecule has 0 bridgehead atoms. The Kier molecular flexibility index (Phi) is 1.56. The van der Waals surface area contributed by atoms with Gasteiger partial charge in [0, 0.05) is 5.70 Å². The Labute approximate surface area is 50.6 Å². The molecule has 1 aliphatic carbocycles. The van der Waals surface area contributed by atoms with Crippen molar-refractivity contribution in [1.82, 2.24) is 0 Å². The van der Waals surface area contributed by atoms with E-state index in [2.05, 4.69) is 13.0 Å². The summed E-state index contributed by atoms with van der Waals surface area (Å²) >= 11 is 0. The average Bonchev–Trinajstić information content (AvgIpc) is 1.77. The van der Waals surface area contributed by atoms with Crippen LogP contribution in [0.5, 0.6) is 0 Å². The monoisotopic (exact) mass is 111 g/mol. The second kappa shape index (κ2) is 2.21. The van der Waals surface area contributed by atoms with Gasteiger partial charge in [-0.15, -0.1) is 0 Å². The quantitative estimate of drug-likeness (QED) is 0.505. The molecule has 8 heavy (non-hydrogen) atoms. The Morgan fingerprint density at radius 2 is 2.50 bits per heavy atom. The van der Waals surface area contributed by atoms with Crippen LogP contribution >= 0.6 is 0 Å². The van der Waals surface area contributed by atoms with Crippen LogP contribution in [0.1, 0.15) is 26.2 Å². The number of nitrogens with two attached hydrogens (primary N) is 1. The molecule has 0 saturated heterocycles. The molecule has 1 heteroatoms. The van der Waals surface area contributed by atoms with Crippen LogP contribution in [0.3, 0.4) is 0 Å². The van der Waals surface area contributed by atoms with Crippen molar-refractivity contribution < 1.29 is 0 Å². The van der Waals surface area contributed by atoms with E-state index in [9.17, 15) is 0 Å². The Morgan fingerprint density at radius 3 is 2.88 bits per heavy atom. The molecule has 0 amide bonds. The van der Waals surface area contributed by atoms with E-state index in [4.69, 9.17) is 5.73 Å². The van der Waals surface area contributed by atoms with Gasteiger partial charge in [-0.2, -0.15) is 0 Å². The molecule has 1 atom stereocenters. The van der Waals surface area contributed by atoms with E-state index in [0.717, 1.165) is 18.0 Å². The fourth-order valence-corrected chi connectivity index (χ4v) is 0.986. The van der Waals surface area contributed by atoms with E-state index >= 15 is 0 Å². The number of hydrogen-bond donors (Lipinski definition) is 1. The lowest BCUT2D eigenvalue weighted by Gasteiger charge is -2.14. The van der Waals surface area contributed by atoms with Crippen molar-refractivity contribution in [2.24, 2.45) is 11.7 Å². The molecule has 1 aliphatic rings. The third-order valence-corrected chi connectivity index (χ3v) is 1.71. The van der Waals surface area contributed by atoms with Crippen LogP contribution in [0.25, 0.3) is 0 Å². The van der Waals surface area contributed by atoms with Crippen LogP contribution in [-0.2, 0) is 0 Å². The Hall–Kier alpha value is -0.460. The lowest BCUT2D eigenvalue weighted by molar-refractivity contribution is 0.512. The van der Waals surface area contributed by atoms with Gasteiger partial charge in [0.15, 0.2) is 0 Å². The van der Waals surface area contributed by atoms with Crippen molar-refractivity contribution in [3.05, 3.63) is 11.8 Å². The third kappa shape index (κ3) is 1.25. The van der Waals surface area contributed by atoms with Gasteiger partial charge < -0.3 is 5.73 Å². The molecule has 46 valence electrons. The van der Waals surface area contributed by atoms with Crippen molar-refractivity contribution in [2.75, 3.05) is 0 Å². The maximum atomic E-state index is 5.56. The normalized spacial score (nSPS) is 29.6. The molecule has 0 aromatic heterocycles. The molecular formula is C7H13N. The highest BCUT2D eigenvalue weighted by atomic mass is 14.6. The minimum atomic E-state index is 0.863. The van der Waals surface area contributed by atoms with E-state index in [-0.39, 0.29) is 0 Å². The molecule has 0 saturated carbocycles. The highest BCUT2D eigenvalue weighted by Gasteiger charge is 2.05. The fraction of sp³-hybridized carbons (Fsp3) is 0.714. The van der Waals surface area contributed by atoms with Crippen LogP contribution in [0.15, 0.2) is 11.8 Å². The fourth-order valence-electron chi connectivity index (χ4n) is 0.986. The molecule has 1 rings (SSSR count). The Balaban J connectivity index is 2.42. The van der Waals surface area contributed by atoms with E-state index in [1.807, 2.05) is 0 Å². The Bertz CT molecular complexity index is 105. The molecule has 0 fully saturated rings. The first-order valence-corrected chi connectivity index (χ1v) is 3.23. The summed E-state index contributed by atoms with van der Waals surface area (Å²) in [5.74, 6) is 0.863. The second-order valence-electron chi connectivity index (χ2n) is 2.66. The third-order valence-electron chi connectivity index (χ3n) is 1.71. The molecule has 1 nitrogen and oxygen atoms in total. The summed E-state index contributed by atoms with van der Waals surface area (Å²) < 4.78 is 0. The predicted molar refractivity (Wildman–Crippen MR) is 35.3 cm³/mol. The second-order valence-corrected chi connectivity index (χ2v) is 2.66. The van der Waals surface area contributed by atoms with E-state index < -0.39 is 0 Å². The smallest absolute Gasteiger partial charge is 0.00401 e. The standard InChI is InChI=1S/C7H13N/c1-6-2-4-7(8)5-3-6/h4,6H,2-3,5,8H2,1H3/t6-/m0/s1. The first-order chi connectivity index (χ1) is 3.79. The van der Waals surface area contributed by atoms with Gasteiger partial charge in [0.25, 0.3) is 0 Å². The van der Waals surface area contributed by atoms with E-state index in [1.165, 1.54) is 12.8 Å². The summed E-state index contributed by atoms with van der Waals surface area (Å²) in [5, 5.41) is 0. The lowest BCUT2D eigenvalue weighted by atomic mass is 9.95. The summed E-state index contributed by atoms with van der Waals surface area (Å²) in [6, 6.07) is 0. The molecular weight excluding hydrogens is 98.1 g/mol. The number of rotatable bonds is 0. The van der Waals surface area contributed by atoms with Gasteiger partial charge >= 0.3 is 0 Å². The number of hydrogen-bond acceptors (Lipinski definition) is 1. The zero-order valence-corrected chi connectivity index (χ0v) is 5.35. The SMILES string of the molecule is C[C@H]1CC=C(N)CC1. The van der Waals surface area contributed by atoms with Crippen LogP contribution in [0.4, 0.5) is 0 Å². The highest BCUT2D eigenvalue weighted by Crippen LogP contribution is 2.19. The molecule has 0 radical (unpaired) electrons. The minimum Gasteiger partial charge on any atom is -0.402 e. The molecule has 0 heterocycles. The molecule has 2 N–H and O–H groups in total. The first-order valence-electron chi connectivity index (χ1n) is 3.23. The lowest BCUT2D eigenvalue weighted by Crippen LogP contribution is -2.06. The number of allylic oxidation sites excluding steroid dienone is 2. The maximum absolute atomic E-state index is 5.56. The summed E-state index contributed by atoms with van der Waals surface area (Å²) in [6.45, 7) is 2.27. The highest BCUT2D eigenvalue weighted by molar-refractivity contribution is 5.00. The zero-order valence-electron chi connectivity index (χ0n) is 5.35. The van der Waals surface area contributed by atoms with Gasteiger partial charge in [-0.05, 0) is 25.2 Å². The van der Waals surface area contributed by atoms with Crippen LogP contribution in [0, 0.1) is 5.92 Å². The molecule has 0 aromatic carbocycles. The molecule has 0 unspecified atom stereocenters. The van der Waals surface area contributed by atoms with Gasteiger partial charge in [0.1, 0.15) is 0 Å². The van der Waals surface area contributed by atoms with Gasteiger partial charge in [0.2, 0.25) is 0 Å². The van der Waals surface area contributed by atoms with Crippen molar-refractivity contribution >= 4 is 0 Å². The molecule has 0 spiro atoms. The van der Waals surface area contributed by atoms with Gasteiger partial charge in [0.05, 0.1) is 0 Å². The van der Waals surface area contributed by atoms with Crippen molar-refractivity contribution in [3.63, 3.8) is 0 Å². The van der Waals surface area contributed by atoms with Crippen LogP contribution in [-0.4, -0.2) is 0 Å². The van der Waals surface area contributed by atoms with Crippen molar-refractivity contribution in [3.8, 4) is 0 Å². The van der Waals surface area contributed by atoms with Gasteiger partial charge in [-0.1, -0.05) is 13.0 Å². The summed E-state index contributed by atoms with van der Waals surface area (Å²) in [7, 11) is 0. The van der Waals surface area contributed by atoms with Crippen LogP contribution < -0.4 is 5.73 Å².